The van der Waals surface area contributed by atoms with Crippen LogP contribution in [-0.4, -0.2) is 0 Å². The predicted octanol–water partition coefficient (Wildman–Crippen LogP) is 8.77. The summed E-state index contributed by atoms with van der Waals surface area (Å²) in [5, 5.41) is 0. The highest BCUT2D eigenvalue weighted by molar-refractivity contribution is 5.21. The van der Waals surface area contributed by atoms with Gasteiger partial charge in [0.2, 0.25) is 0 Å². The monoisotopic (exact) mass is 398 g/mol. The Balaban J connectivity index is 1.64. The van der Waals surface area contributed by atoms with Gasteiger partial charge in [0, 0.05) is 0 Å². The van der Waals surface area contributed by atoms with Crippen LogP contribution in [0.2, 0.25) is 0 Å². The van der Waals surface area contributed by atoms with Crippen molar-refractivity contribution < 1.29 is 0 Å². The Bertz CT molecular complexity index is 618. The van der Waals surface area contributed by atoms with Crippen molar-refractivity contribution in [1.29, 1.82) is 0 Å². The molecule has 0 aromatic carbocycles. The fourth-order valence-corrected chi connectivity index (χ4v) is 10.1. The summed E-state index contributed by atoms with van der Waals surface area (Å²) >= 11 is 0. The molecule has 0 radical (unpaired) electrons. The molecule has 4 saturated carbocycles. The quantitative estimate of drug-likeness (QED) is 0.406. The van der Waals surface area contributed by atoms with Crippen LogP contribution in [0.4, 0.5) is 0 Å². The molecule has 0 saturated heterocycles. The lowest BCUT2D eigenvalue weighted by Gasteiger charge is -2.53. The first-order chi connectivity index (χ1) is 13.6. The Morgan fingerprint density at radius 1 is 0.897 bits per heavy atom. The summed E-state index contributed by atoms with van der Waals surface area (Å²) in [4.78, 5) is 0. The molecule has 10 unspecified atom stereocenters. The lowest BCUT2D eigenvalue weighted by Crippen LogP contribution is -2.46. The molecule has 0 aliphatic heterocycles. The Hall–Kier alpha value is -0.260. The summed E-state index contributed by atoms with van der Waals surface area (Å²) < 4.78 is 0. The smallest absolute Gasteiger partial charge is 0.0143 e. The molecule has 4 aliphatic carbocycles. The topological polar surface area (TPSA) is 0 Å². The third-order valence-corrected chi connectivity index (χ3v) is 11.7. The molecule has 29 heavy (non-hydrogen) atoms. The zero-order chi connectivity index (χ0) is 21.2. The van der Waals surface area contributed by atoms with Crippen LogP contribution in [0.15, 0.2) is 12.7 Å². The SMILES string of the molecule is C=CC1C2C3CCC(C(C)CCC(C)C)C3(C)CCC2C2(C)CCC(C)CC12C. The van der Waals surface area contributed by atoms with Gasteiger partial charge in [-0.3, -0.25) is 0 Å². The number of hydrogen-bond donors (Lipinski definition) is 0. The third kappa shape index (κ3) is 3.04. The highest BCUT2D eigenvalue weighted by Gasteiger charge is 2.69. The Labute approximate surface area is 182 Å². The predicted molar refractivity (Wildman–Crippen MR) is 127 cm³/mol. The normalized spacial score (nSPS) is 52.7. The molecule has 4 fully saturated rings. The molecule has 0 bridgehead atoms. The van der Waals surface area contributed by atoms with Crippen LogP contribution in [0, 0.1) is 63.6 Å². The summed E-state index contributed by atoms with van der Waals surface area (Å²) in [5.41, 5.74) is 1.62. The van der Waals surface area contributed by atoms with Gasteiger partial charge in [0.1, 0.15) is 0 Å². The molecule has 0 heterocycles. The Morgan fingerprint density at radius 2 is 1.62 bits per heavy atom. The van der Waals surface area contributed by atoms with E-state index in [2.05, 4.69) is 61.1 Å². The molecule has 0 spiro atoms. The highest BCUT2D eigenvalue weighted by Crippen LogP contribution is 2.76. The first-order valence-electron chi connectivity index (χ1n) is 13.2. The van der Waals surface area contributed by atoms with E-state index >= 15 is 0 Å². The number of fused-ring (bicyclic) bond motifs is 5. The summed E-state index contributed by atoms with van der Waals surface area (Å²) in [5.74, 6) is 7.16. The molecular weight excluding hydrogens is 348 g/mol. The van der Waals surface area contributed by atoms with Gasteiger partial charge in [-0.25, -0.2) is 0 Å². The van der Waals surface area contributed by atoms with E-state index < -0.39 is 0 Å². The lowest BCUT2D eigenvalue weighted by atomic mass is 9.51. The third-order valence-electron chi connectivity index (χ3n) is 11.7. The van der Waals surface area contributed by atoms with E-state index in [0.29, 0.717) is 16.2 Å². The second kappa shape index (κ2) is 7.41. The maximum Gasteiger partial charge on any atom is -0.0143 e. The van der Waals surface area contributed by atoms with Crippen LogP contribution in [0.5, 0.6) is 0 Å². The van der Waals surface area contributed by atoms with Crippen LogP contribution in [0.1, 0.15) is 106 Å². The van der Waals surface area contributed by atoms with Gasteiger partial charge < -0.3 is 0 Å². The van der Waals surface area contributed by atoms with Crippen molar-refractivity contribution >= 4 is 0 Å². The van der Waals surface area contributed by atoms with Crippen molar-refractivity contribution in [1.82, 2.24) is 0 Å². The molecular formula is C29H50. The van der Waals surface area contributed by atoms with Gasteiger partial charge in [-0.1, -0.05) is 73.8 Å². The van der Waals surface area contributed by atoms with Gasteiger partial charge in [0.25, 0.3) is 0 Å². The van der Waals surface area contributed by atoms with Crippen LogP contribution in [0.3, 0.4) is 0 Å². The molecule has 0 nitrogen and oxygen atoms in total. The lowest BCUT2D eigenvalue weighted by molar-refractivity contribution is -0.0456. The van der Waals surface area contributed by atoms with Crippen LogP contribution < -0.4 is 0 Å². The summed E-state index contributed by atoms with van der Waals surface area (Å²) in [6.45, 7) is 22.5. The van der Waals surface area contributed by atoms with Crippen LogP contribution in [0.25, 0.3) is 0 Å². The summed E-state index contributed by atoms with van der Waals surface area (Å²) in [6, 6.07) is 0. The average Bonchev–Trinajstić information content (AvgIpc) is 3.09. The second-order valence-corrected chi connectivity index (χ2v) is 13.4. The van der Waals surface area contributed by atoms with Crippen LogP contribution >= 0.6 is 0 Å². The van der Waals surface area contributed by atoms with Crippen molar-refractivity contribution in [3.05, 3.63) is 12.7 Å². The maximum absolute atomic E-state index is 4.47. The zero-order valence-corrected chi connectivity index (χ0v) is 20.8. The van der Waals surface area contributed by atoms with Gasteiger partial charge >= 0.3 is 0 Å². The maximum atomic E-state index is 4.47. The molecule has 166 valence electrons. The van der Waals surface area contributed by atoms with Crippen molar-refractivity contribution in [3.8, 4) is 0 Å². The number of rotatable bonds is 5. The van der Waals surface area contributed by atoms with E-state index in [4.69, 9.17) is 0 Å². The van der Waals surface area contributed by atoms with E-state index in [1.807, 2.05) is 0 Å². The van der Waals surface area contributed by atoms with Gasteiger partial charge in [-0.15, -0.1) is 6.58 Å². The first-order valence-corrected chi connectivity index (χ1v) is 13.2. The first kappa shape index (κ1) is 22.0. The minimum atomic E-state index is 0.481. The highest BCUT2D eigenvalue weighted by atomic mass is 14.7. The zero-order valence-electron chi connectivity index (χ0n) is 20.8. The van der Waals surface area contributed by atoms with E-state index in [-0.39, 0.29) is 0 Å². The van der Waals surface area contributed by atoms with Crippen molar-refractivity contribution in [2.45, 2.75) is 106 Å². The molecule has 4 rings (SSSR count). The van der Waals surface area contributed by atoms with E-state index in [1.54, 1.807) is 0 Å². The second-order valence-electron chi connectivity index (χ2n) is 13.4. The van der Waals surface area contributed by atoms with E-state index in [9.17, 15) is 0 Å². The molecule has 0 N–H and O–H groups in total. The standard InChI is InChI=1S/C29H50/c1-9-22-26-24-13-12-23(21(5)11-10-19(2)3)27(24,6)16-15-25(26)28(7)17-14-20(4)18-29(22,28)8/h9,19-26H,1,10-18H2,2-8H3. The van der Waals surface area contributed by atoms with Crippen molar-refractivity contribution in [2.75, 3.05) is 0 Å². The van der Waals surface area contributed by atoms with Crippen molar-refractivity contribution in [3.63, 3.8) is 0 Å². The van der Waals surface area contributed by atoms with Crippen LogP contribution in [-0.2, 0) is 0 Å². The largest absolute Gasteiger partial charge is 0.103 e. The van der Waals surface area contributed by atoms with Gasteiger partial charge in [0.15, 0.2) is 0 Å². The molecule has 0 aromatic heterocycles. The van der Waals surface area contributed by atoms with Gasteiger partial charge in [-0.2, -0.15) is 0 Å². The summed E-state index contributed by atoms with van der Waals surface area (Å²) in [6.07, 6.45) is 15.6. The Kier molecular flexibility index (Phi) is 5.61. The van der Waals surface area contributed by atoms with E-state index in [1.165, 1.54) is 57.8 Å². The summed E-state index contributed by atoms with van der Waals surface area (Å²) in [7, 11) is 0. The molecule has 0 heteroatoms. The molecule has 10 atom stereocenters. The number of allylic oxidation sites excluding steroid dienone is 1. The Morgan fingerprint density at radius 3 is 2.28 bits per heavy atom. The fourth-order valence-electron chi connectivity index (χ4n) is 10.1. The van der Waals surface area contributed by atoms with Gasteiger partial charge in [0.05, 0.1) is 0 Å². The average molecular weight is 399 g/mol. The molecule has 0 amide bonds. The molecule has 4 aliphatic rings. The van der Waals surface area contributed by atoms with Crippen molar-refractivity contribution in [2.24, 2.45) is 63.6 Å². The minimum absolute atomic E-state index is 0.481. The van der Waals surface area contributed by atoms with Gasteiger partial charge in [-0.05, 0) is 102 Å². The molecule has 0 aromatic rings. The number of hydrogen-bond acceptors (Lipinski definition) is 0. The minimum Gasteiger partial charge on any atom is -0.103 e. The fraction of sp³-hybridized carbons (Fsp3) is 0.931. The van der Waals surface area contributed by atoms with E-state index in [0.717, 1.165) is 47.3 Å².